The fourth-order valence-electron chi connectivity index (χ4n) is 1.36. The monoisotopic (exact) mass is 237 g/mol. The van der Waals surface area contributed by atoms with Crippen LogP contribution in [0.25, 0.3) is 0 Å². The lowest BCUT2D eigenvalue weighted by molar-refractivity contribution is -0.144. The topological polar surface area (TPSA) is 61.5 Å². The highest BCUT2D eigenvalue weighted by Gasteiger charge is 2.06. The zero-order valence-corrected chi connectivity index (χ0v) is 10.1. The summed E-state index contributed by atoms with van der Waals surface area (Å²) in [6.45, 7) is 3.47. The first-order chi connectivity index (χ1) is 8.24. The minimum atomic E-state index is -0.275. The van der Waals surface area contributed by atoms with Gasteiger partial charge in [-0.2, -0.15) is 0 Å². The molecule has 1 aromatic carbocycles. The quantitative estimate of drug-likeness (QED) is 0.446. The molecule has 0 fully saturated rings. The Balaban J connectivity index is 2.23. The van der Waals surface area contributed by atoms with E-state index in [0.29, 0.717) is 25.5 Å². The average Bonchev–Trinajstić information content (AvgIpc) is 2.32. The van der Waals surface area contributed by atoms with Crippen LogP contribution in [0.1, 0.15) is 18.9 Å². The van der Waals surface area contributed by atoms with Crippen LogP contribution in [0.2, 0.25) is 0 Å². The second-order valence-corrected chi connectivity index (χ2v) is 3.71. The molecule has 0 atom stereocenters. The molecule has 0 aromatic heterocycles. The molecule has 0 aliphatic carbocycles. The number of benzene rings is 1. The van der Waals surface area contributed by atoms with Gasteiger partial charge in [0, 0.05) is 12.3 Å². The Labute approximate surface area is 102 Å². The van der Waals surface area contributed by atoms with Crippen molar-refractivity contribution in [2.45, 2.75) is 19.8 Å². The Hall–Kier alpha value is -1.55. The normalized spacial score (nSPS) is 10.2. The number of esters is 1. The largest absolute Gasteiger partial charge is 0.463 e. The first kappa shape index (κ1) is 13.5. The molecule has 94 valence electrons. The van der Waals surface area contributed by atoms with Gasteiger partial charge in [-0.05, 0) is 18.1 Å². The summed E-state index contributed by atoms with van der Waals surface area (Å²) in [6, 6.07) is 7.28. The SMILES string of the molecule is CCCOCCOC(=O)Cc1ccccc1N. The van der Waals surface area contributed by atoms with Crippen LogP contribution in [-0.2, 0) is 20.7 Å². The number of rotatable bonds is 7. The average molecular weight is 237 g/mol. The van der Waals surface area contributed by atoms with Crippen molar-refractivity contribution in [3.05, 3.63) is 29.8 Å². The van der Waals surface area contributed by atoms with Gasteiger partial charge in [0.05, 0.1) is 13.0 Å². The Kier molecular flexibility index (Phi) is 6.10. The molecular formula is C13H19NO3. The third kappa shape index (κ3) is 5.36. The Morgan fingerprint density at radius 1 is 1.24 bits per heavy atom. The molecule has 0 aliphatic heterocycles. The summed E-state index contributed by atoms with van der Waals surface area (Å²) in [4.78, 5) is 11.5. The third-order valence-corrected chi connectivity index (χ3v) is 2.23. The van der Waals surface area contributed by atoms with Crippen molar-refractivity contribution in [1.29, 1.82) is 0 Å². The van der Waals surface area contributed by atoms with Crippen LogP contribution >= 0.6 is 0 Å². The number of para-hydroxylation sites is 1. The van der Waals surface area contributed by atoms with E-state index in [-0.39, 0.29) is 12.4 Å². The molecule has 0 heterocycles. The van der Waals surface area contributed by atoms with Gasteiger partial charge < -0.3 is 15.2 Å². The molecule has 0 unspecified atom stereocenters. The van der Waals surface area contributed by atoms with Gasteiger partial charge >= 0.3 is 5.97 Å². The van der Waals surface area contributed by atoms with Gasteiger partial charge in [0.25, 0.3) is 0 Å². The van der Waals surface area contributed by atoms with Gasteiger partial charge in [-0.1, -0.05) is 25.1 Å². The van der Waals surface area contributed by atoms with E-state index in [9.17, 15) is 4.79 Å². The maximum Gasteiger partial charge on any atom is 0.310 e. The highest BCUT2D eigenvalue weighted by molar-refractivity contribution is 5.74. The molecule has 0 bridgehead atoms. The number of nitrogen functional groups attached to an aromatic ring is 1. The van der Waals surface area contributed by atoms with Crippen molar-refractivity contribution in [2.75, 3.05) is 25.6 Å². The minimum absolute atomic E-state index is 0.209. The molecule has 1 rings (SSSR count). The highest BCUT2D eigenvalue weighted by Crippen LogP contribution is 2.11. The van der Waals surface area contributed by atoms with Gasteiger partial charge in [0.15, 0.2) is 0 Å². The van der Waals surface area contributed by atoms with Crippen LogP contribution in [0.4, 0.5) is 5.69 Å². The summed E-state index contributed by atoms with van der Waals surface area (Å²) in [5.74, 6) is -0.275. The molecule has 4 nitrogen and oxygen atoms in total. The Bertz CT molecular complexity index is 352. The summed E-state index contributed by atoms with van der Waals surface area (Å²) >= 11 is 0. The molecular weight excluding hydrogens is 218 g/mol. The third-order valence-electron chi connectivity index (χ3n) is 2.23. The summed E-state index contributed by atoms with van der Waals surface area (Å²) in [5.41, 5.74) is 7.15. The molecule has 4 heteroatoms. The van der Waals surface area contributed by atoms with Crippen molar-refractivity contribution in [2.24, 2.45) is 0 Å². The standard InChI is InChI=1S/C13H19NO3/c1-2-7-16-8-9-17-13(15)10-11-5-3-4-6-12(11)14/h3-6H,2,7-10,14H2,1H3. The molecule has 2 N–H and O–H groups in total. The lowest BCUT2D eigenvalue weighted by atomic mass is 10.1. The van der Waals surface area contributed by atoms with Crippen LogP contribution in [0, 0.1) is 0 Å². The number of carbonyl (C=O) groups is 1. The number of carbonyl (C=O) groups excluding carboxylic acids is 1. The predicted molar refractivity (Wildman–Crippen MR) is 66.6 cm³/mol. The van der Waals surface area contributed by atoms with Gasteiger partial charge in [0.2, 0.25) is 0 Å². The van der Waals surface area contributed by atoms with Crippen LogP contribution < -0.4 is 5.73 Å². The number of hydrogen-bond acceptors (Lipinski definition) is 4. The lowest BCUT2D eigenvalue weighted by Gasteiger charge is -2.07. The second-order valence-electron chi connectivity index (χ2n) is 3.71. The summed E-state index contributed by atoms with van der Waals surface area (Å²) in [5, 5.41) is 0. The minimum Gasteiger partial charge on any atom is -0.463 e. The first-order valence-corrected chi connectivity index (χ1v) is 5.80. The van der Waals surface area contributed by atoms with Gasteiger partial charge in [0.1, 0.15) is 6.61 Å². The molecule has 0 radical (unpaired) electrons. The highest BCUT2D eigenvalue weighted by atomic mass is 16.6. The molecule has 0 spiro atoms. The molecule has 0 aliphatic rings. The Morgan fingerprint density at radius 2 is 2.00 bits per heavy atom. The maximum atomic E-state index is 11.5. The molecule has 0 saturated heterocycles. The zero-order chi connectivity index (χ0) is 12.5. The van der Waals surface area contributed by atoms with Crippen LogP contribution in [0.3, 0.4) is 0 Å². The van der Waals surface area contributed by atoms with Gasteiger partial charge in [-0.25, -0.2) is 0 Å². The molecule has 17 heavy (non-hydrogen) atoms. The van der Waals surface area contributed by atoms with E-state index in [1.165, 1.54) is 0 Å². The van der Waals surface area contributed by atoms with E-state index in [1.54, 1.807) is 6.07 Å². The van der Waals surface area contributed by atoms with Crippen molar-refractivity contribution >= 4 is 11.7 Å². The van der Waals surface area contributed by atoms with Crippen molar-refractivity contribution in [3.63, 3.8) is 0 Å². The molecule has 0 amide bonds. The second kappa shape index (κ2) is 7.68. The van der Waals surface area contributed by atoms with Crippen LogP contribution in [0.15, 0.2) is 24.3 Å². The molecule has 1 aromatic rings. The fraction of sp³-hybridized carbons (Fsp3) is 0.462. The van der Waals surface area contributed by atoms with Gasteiger partial charge in [-0.3, -0.25) is 4.79 Å². The summed E-state index contributed by atoms with van der Waals surface area (Å²) in [6.07, 6.45) is 1.18. The van der Waals surface area contributed by atoms with E-state index in [1.807, 2.05) is 25.1 Å². The summed E-state index contributed by atoms with van der Waals surface area (Å²) < 4.78 is 10.2. The molecule has 0 saturated carbocycles. The zero-order valence-electron chi connectivity index (χ0n) is 10.1. The van der Waals surface area contributed by atoms with Crippen molar-refractivity contribution < 1.29 is 14.3 Å². The smallest absolute Gasteiger partial charge is 0.310 e. The summed E-state index contributed by atoms with van der Waals surface area (Å²) in [7, 11) is 0. The van der Waals surface area contributed by atoms with E-state index < -0.39 is 0 Å². The van der Waals surface area contributed by atoms with E-state index in [2.05, 4.69) is 0 Å². The Morgan fingerprint density at radius 3 is 2.71 bits per heavy atom. The van der Waals surface area contributed by atoms with Crippen molar-refractivity contribution in [3.8, 4) is 0 Å². The number of ether oxygens (including phenoxy) is 2. The van der Waals surface area contributed by atoms with Crippen LogP contribution in [-0.4, -0.2) is 25.8 Å². The number of anilines is 1. The fourth-order valence-corrected chi connectivity index (χ4v) is 1.36. The first-order valence-electron chi connectivity index (χ1n) is 5.80. The predicted octanol–water partition coefficient (Wildman–Crippen LogP) is 1.78. The number of nitrogens with two attached hydrogens (primary N) is 1. The van der Waals surface area contributed by atoms with Crippen molar-refractivity contribution in [1.82, 2.24) is 0 Å². The maximum absolute atomic E-state index is 11.5. The van der Waals surface area contributed by atoms with Crippen LogP contribution in [0.5, 0.6) is 0 Å². The van der Waals surface area contributed by atoms with E-state index in [0.717, 1.165) is 12.0 Å². The van der Waals surface area contributed by atoms with E-state index in [4.69, 9.17) is 15.2 Å². The number of hydrogen-bond donors (Lipinski definition) is 1. The van der Waals surface area contributed by atoms with E-state index >= 15 is 0 Å². The van der Waals surface area contributed by atoms with Gasteiger partial charge in [-0.15, -0.1) is 0 Å². The lowest BCUT2D eigenvalue weighted by Crippen LogP contribution is -2.13.